The number of nitrogens with zero attached hydrogens (tertiary/aromatic N) is 4. The fourth-order valence-corrected chi connectivity index (χ4v) is 6.38. The number of likely N-dealkylation sites (tertiary alicyclic amines) is 2. The summed E-state index contributed by atoms with van der Waals surface area (Å²) >= 11 is 0. The number of carbonyl (C=O) groups excluding carboxylic acids is 3. The minimum absolute atomic E-state index is 0.0277. The number of hydrogen-bond donors (Lipinski definition) is 1. The molecule has 0 unspecified atom stereocenters. The number of nitrogens with one attached hydrogen (secondary N) is 1. The summed E-state index contributed by atoms with van der Waals surface area (Å²) in [5, 5.41) is 12.9. The quantitative estimate of drug-likeness (QED) is 0.720. The van der Waals surface area contributed by atoms with Crippen LogP contribution in [0.25, 0.3) is 0 Å². The van der Waals surface area contributed by atoms with Crippen LogP contribution in [-0.4, -0.2) is 77.2 Å². The number of nitriles is 1. The molecule has 180 valence electrons. The number of anilines is 1. The molecular formula is C26H33N5O3. The molecule has 1 aromatic rings. The maximum atomic E-state index is 14.0. The molecule has 2 saturated heterocycles. The minimum Gasteiger partial charge on any atom is -0.332 e. The van der Waals surface area contributed by atoms with Crippen LogP contribution in [0.4, 0.5) is 5.69 Å². The molecule has 6 atom stereocenters. The Hall–Kier alpha value is -2.92. The highest BCUT2D eigenvalue weighted by molar-refractivity contribution is 6.07. The number of likely N-dealkylation sites (N-methyl/N-ethyl adjacent to an activating group) is 2. The van der Waals surface area contributed by atoms with Crippen molar-refractivity contribution in [1.82, 2.24) is 14.7 Å². The second-order valence-electron chi connectivity index (χ2n) is 11.0. The number of fused-ring (bicyclic) bond motifs is 3. The number of para-hydroxylation sites is 1. The summed E-state index contributed by atoms with van der Waals surface area (Å²) in [6, 6.07) is 8.67. The van der Waals surface area contributed by atoms with Gasteiger partial charge in [0.2, 0.25) is 17.7 Å². The zero-order valence-corrected chi connectivity index (χ0v) is 20.3. The molecule has 4 aliphatic rings. The Balaban J connectivity index is 1.41. The molecule has 0 radical (unpaired) electrons. The van der Waals surface area contributed by atoms with E-state index in [1.165, 1.54) is 0 Å². The molecule has 1 aliphatic carbocycles. The number of rotatable bonds is 5. The van der Waals surface area contributed by atoms with E-state index in [0.717, 1.165) is 24.1 Å². The maximum absolute atomic E-state index is 14.0. The van der Waals surface area contributed by atoms with E-state index in [9.17, 15) is 19.6 Å². The third-order valence-corrected chi connectivity index (χ3v) is 8.42. The number of piperidine rings is 1. The Morgan fingerprint density at radius 1 is 1.29 bits per heavy atom. The number of hydrogen-bond acceptors (Lipinski definition) is 5. The van der Waals surface area contributed by atoms with Crippen molar-refractivity contribution in [2.75, 3.05) is 26.0 Å². The molecule has 34 heavy (non-hydrogen) atoms. The van der Waals surface area contributed by atoms with Crippen LogP contribution in [0.2, 0.25) is 0 Å². The summed E-state index contributed by atoms with van der Waals surface area (Å²) in [5.41, 5.74) is 0.657. The van der Waals surface area contributed by atoms with E-state index in [1.807, 2.05) is 45.2 Å². The van der Waals surface area contributed by atoms with E-state index in [-0.39, 0.29) is 42.6 Å². The van der Waals surface area contributed by atoms with Gasteiger partial charge in [0.25, 0.3) is 0 Å². The van der Waals surface area contributed by atoms with E-state index >= 15 is 0 Å². The SMILES string of the molecule is CC(C)C[C@@H](C(=O)N1C[C@]2(C[C@H]1C#N)C(=O)Nc1ccccc12)N(C)C(=O)[C@@H]1C[C@H]2C[C@H]2N1C. The van der Waals surface area contributed by atoms with Crippen molar-refractivity contribution in [3.8, 4) is 6.07 Å². The second kappa shape index (κ2) is 8.09. The van der Waals surface area contributed by atoms with E-state index < -0.39 is 17.5 Å². The first-order valence-corrected chi connectivity index (χ1v) is 12.3. The zero-order chi connectivity index (χ0) is 24.4. The Bertz CT molecular complexity index is 1080. The topological polar surface area (TPSA) is 96.7 Å². The van der Waals surface area contributed by atoms with E-state index in [2.05, 4.69) is 16.3 Å². The van der Waals surface area contributed by atoms with Crippen LogP contribution in [0, 0.1) is 23.2 Å². The first-order chi connectivity index (χ1) is 16.2. The standard InChI is InChI=1S/C26H33N5O3/c1-15(2)9-21(30(4)23(32)22-11-16-10-20(16)29(22)3)24(33)31-14-26(12-17(31)13-27)18-7-5-6-8-19(18)28-25(26)34/h5-8,15-17,20-22H,9-12,14H2,1-4H3,(H,28,34)/t16-,17+,20-,21+,22+,26+/m1/s1. The fraction of sp³-hybridized carbons (Fsp3) is 0.615. The third kappa shape index (κ3) is 3.40. The molecule has 3 fully saturated rings. The summed E-state index contributed by atoms with van der Waals surface area (Å²) in [5.74, 6) is 0.345. The number of amides is 3. The second-order valence-corrected chi connectivity index (χ2v) is 11.0. The van der Waals surface area contributed by atoms with Gasteiger partial charge in [-0.1, -0.05) is 32.0 Å². The molecule has 1 spiro atoms. The van der Waals surface area contributed by atoms with Gasteiger partial charge in [0.15, 0.2) is 0 Å². The maximum Gasteiger partial charge on any atom is 0.246 e. The minimum atomic E-state index is -0.926. The lowest BCUT2D eigenvalue weighted by Gasteiger charge is -2.36. The predicted octanol–water partition coefficient (Wildman–Crippen LogP) is 1.97. The van der Waals surface area contributed by atoms with Gasteiger partial charge in [-0.3, -0.25) is 19.3 Å². The van der Waals surface area contributed by atoms with Crippen molar-refractivity contribution in [3.05, 3.63) is 29.8 Å². The van der Waals surface area contributed by atoms with Gasteiger partial charge in [0, 0.05) is 31.7 Å². The highest BCUT2D eigenvalue weighted by Crippen LogP contribution is 2.48. The van der Waals surface area contributed by atoms with Crippen molar-refractivity contribution < 1.29 is 14.4 Å². The number of carbonyl (C=O) groups is 3. The number of benzene rings is 1. The highest BCUT2D eigenvalue weighted by atomic mass is 16.2. The monoisotopic (exact) mass is 463 g/mol. The van der Waals surface area contributed by atoms with E-state index in [0.29, 0.717) is 18.4 Å². The molecule has 1 N–H and O–H groups in total. The zero-order valence-electron chi connectivity index (χ0n) is 20.3. The summed E-state index contributed by atoms with van der Waals surface area (Å²) in [6.45, 7) is 4.21. The van der Waals surface area contributed by atoms with Crippen molar-refractivity contribution in [2.45, 2.75) is 69.1 Å². The molecule has 8 nitrogen and oxygen atoms in total. The van der Waals surface area contributed by atoms with Gasteiger partial charge in [-0.15, -0.1) is 0 Å². The van der Waals surface area contributed by atoms with Crippen molar-refractivity contribution in [2.24, 2.45) is 11.8 Å². The van der Waals surface area contributed by atoms with E-state index in [1.54, 1.807) is 16.8 Å². The summed E-state index contributed by atoms with van der Waals surface area (Å²) < 4.78 is 0. The molecule has 0 bridgehead atoms. The lowest BCUT2D eigenvalue weighted by atomic mass is 9.80. The average Bonchev–Trinajstić information content (AvgIpc) is 3.25. The van der Waals surface area contributed by atoms with Crippen LogP contribution < -0.4 is 5.32 Å². The molecule has 3 heterocycles. The largest absolute Gasteiger partial charge is 0.332 e. The summed E-state index contributed by atoms with van der Waals surface area (Å²) in [4.78, 5) is 45.8. The Morgan fingerprint density at radius 3 is 2.68 bits per heavy atom. The Morgan fingerprint density at radius 2 is 2.03 bits per heavy atom. The predicted molar refractivity (Wildman–Crippen MR) is 127 cm³/mol. The van der Waals surface area contributed by atoms with Gasteiger partial charge in [0.1, 0.15) is 12.1 Å². The third-order valence-electron chi connectivity index (χ3n) is 8.42. The van der Waals surface area contributed by atoms with Gasteiger partial charge in [-0.05, 0) is 49.8 Å². The first kappa shape index (κ1) is 22.9. The molecular weight excluding hydrogens is 430 g/mol. The van der Waals surface area contributed by atoms with Gasteiger partial charge in [-0.2, -0.15) is 5.26 Å². The van der Waals surface area contributed by atoms with Gasteiger partial charge < -0.3 is 15.1 Å². The van der Waals surface area contributed by atoms with Gasteiger partial charge in [-0.25, -0.2) is 0 Å². The Labute approximate surface area is 200 Å². The van der Waals surface area contributed by atoms with Gasteiger partial charge in [0.05, 0.1) is 17.5 Å². The van der Waals surface area contributed by atoms with Crippen LogP contribution in [0.5, 0.6) is 0 Å². The van der Waals surface area contributed by atoms with Crippen LogP contribution in [-0.2, 0) is 19.8 Å². The lowest BCUT2D eigenvalue weighted by Crippen LogP contribution is -2.55. The Kier molecular flexibility index (Phi) is 5.44. The van der Waals surface area contributed by atoms with Crippen molar-refractivity contribution >= 4 is 23.4 Å². The van der Waals surface area contributed by atoms with Crippen molar-refractivity contribution in [1.29, 1.82) is 5.26 Å². The van der Waals surface area contributed by atoms with Crippen LogP contribution >= 0.6 is 0 Å². The average molecular weight is 464 g/mol. The molecule has 3 aliphatic heterocycles. The molecule has 3 amide bonds. The van der Waals surface area contributed by atoms with Crippen molar-refractivity contribution in [3.63, 3.8) is 0 Å². The summed E-state index contributed by atoms with van der Waals surface area (Å²) in [6.07, 6.45) is 2.77. The molecule has 1 aromatic carbocycles. The fourth-order valence-electron chi connectivity index (χ4n) is 6.38. The highest BCUT2D eigenvalue weighted by Gasteiger charge is 2.57. The van der Waals surface area contributed by atoms with E-state index in [4.69, 9.17) is 0 Å². The van der Waals surface area contributed by atoms with Crippen LogP contribution in [0.3, 0.4) is 0 Å². The normalized spacial score (nSPS) is 32.4. The smallest absolute Gasteiger partial charge is 0.246 e. The van der Waals surface area contributed by atoms with Crippen LogP contribution in [0.1, 0.15) is 45.1 Å². The molecule has 1 saturated carbocycles. The first-order valence-electron chi connectivity index (χ1n) is 12.3. The van der Waals surface area contributed by atoms with Crippen LogP contribution in [0.15, 0.2) is 24.3 Å². The lowest BCUT2D eigenvalue weighted by molar-refractivity contribution is -0.147. The molecule has 0 aromatic heterocycles. The molecule has 8 heteroatoms. The molecule has 5 rings (SSSR count). The summed E-state index contributed by atoms with van der Waals surface area (Å²) in [7, 11) is 3.72. The van der Waals surface area contributed by atoms with Gasteiger partial charge >= 0.3 is 0 Å².